The molecule has 2 fully saturated rings. The van der Waals surface area contributed by atoms with Gasteiger partial charge in [-0.15, -0.1) is 0 Å². The van der Waals surface area contributed by atoms with Gasteiger partial charge < -0.3 is 15.4 Å². The maximum atomic E-state index is 12.7. The van der Waals surface area contributed by atoms with Crippen molar-refractivity contribution in [2.24, 2.45) is 11.3 Å². The number of anilines is 1. The Bertz CT molecular complexity index is 622. The number of hydrogen-bond donors (Lipinski definition) is 2. The van der Waals surface area contributed by atoms with E-state index in [0.717, 1.165) is 25.8 Å². The van der Waals surface area contributed by atoms with E-state index in [0.29, 0.717) is 24.6 Å². The average Bonchev–Trinajstić information content (AvgIpc) is 3.29. The van der Waals surface area contributed by atoms with Crippen LogP contribution in [0.2, 0.25) is 0 Å². The zero-order valence-electron chi connectivity index (χ0n) is 13.1. The fourth-order valence-electron chi connectivity index (χ4n) is 3.25. The van der Waals surface area contributed by atoms with Gasteiger partial charge in [0.1, 0.15) is 11.5 Å². The number of para-hydroxylation sites is 1. The first-order chi connectivity index (χ1) is 11.1. The Morgan fingerprint density at radius 1 is 1.52 bits per heavy atom. The summed E-state index contributed by atoms with van der Waals surface area (Å²) in [4.78, 5) is 23.5. The number of Topliss-reactive ketones (excluding diaryl/α,β-unsaturated/α-hetero) is 1. The van der Waals surface area contributed by atoms with Gasteiger partial charge in [-0.1, -0.05) is 6.07 Å². The molecule has 0 radical (unpaired) electrons. The van der Waals surface area contributed by atoms with Crippen molar-refractivity contribution in [1.29, 1.82) is 0 Å². The van der Waals surface area contributed by atoms with Gasteiger partial charge in [-0.25, -0.2) is 0 Å². The highest BCUT2D eigenvalue weighted by atomic mass is 16.6. The minimum Gasteiger partial charge on any atom is -0.490 e. The molecule has 124 valence electrons. The molecular weight excluding hydrogens is 298 g/mol. The minimum absolute atomic E-state index is 0.0880. The van der Waals surface area contributed by atoms with Crippen molar-refractivity contribution in [1.82, 2.24) is 5.32 Å². The van der Waals surface area contributed by atoms with E-state index >= 15 is 0 Å². The second kappa shape index (κ2) is 6.16. The van der Waals surface area contributed by atoms with E-state index in [1.807, 2.05) is 0 Å². The van der Waals surface area contributed by atoms with Crippen LogP contribution in [-0.4, -0.2) is 37.5 Å². The lowest BCUT2D eigenvalue weighted by Crippen LogP contribution is -2.41. The lowest BCUT2D eigenvalue weighted by molar-refractivity contribution is -0.384. The zero-order chi connectivity index (χ0) is 16.4. The molecule has 7 nitrogen and oxygen atoms in total. The Hall–Kier alpha value is -2.15. The summed E-state index contributed by atoms with van der Waals surface area (Å²) in [7, 11) is 1.41. The normalized spacial score (nSPS) is 23.5. The second-order valence-corrected chi connectivity index (χ2v) is 6.31. The lowest BCUT2D eigenvalue weighted by Gasteiger charge is -2.27. The number of benzene rings is 1. The van der Waals surface area contributed by atoms with Crippen LogP contribution in [0.25, 0.3) is 0 Å². The molecule has 1 aromatic carbocycles. The third-order valence-corrected chi connectivity index (χ3v) is 4.73. The van der Waals surface area contributed by atoms with Crippen molar-refractivity contribution in [3.05, 3.63) is 28.3 Å². The van der Waals surface area contributed by atoms with E-state index in [1.165, 1.54) is 7.11 Å². The van der Waals surface area contributed by atoms with Gasteiger partial charge in [0.15, 0.2) is 5.75 Å². The standard InChI is InChI=1S/C16H21N3O4/c1-23-13-4-2-3-12(14(13)19(21)22)18-10-16(7-8-17-9-16)15(20)11-5-6-11/h2-4,11,17-18H,5-10H2,1H3/t16-/m0/s1. The zero-order valence-corrected chi connectivity index (χ0v) is 13.1. The molecule has 0 aromatic heterocycles. The number of methoxy groups -OCH3 is 1. The molecule has 0 bridgehead atoms. The third kappa shape index (κ3) is 3.01. The number of carbonyl (C=O) groups excluding carboxylic acids is 1. The molecule has 2 aliphatic rings. The van der Waals surface area contributed by atoms with Crippen LogP contribution in [0.3, 0.4) is 0 Å². The van der Waals surface area contributed by atoms with Crippen molar-refractivity contribution in [3.8, 4) is 5.75 Å². The molecule has 1 atom stereocenters. The third-order valence-electron chi connectivity index (χ3n) is 4.73. The summed E-state index contributed by atoms with van der Waals surface area (Å²) in [6.45, 7) is 1.84. The lowest BCUT2D eigenvalue weighted by atomic mass is 9.80. The molecule has 0 spiro atoms. The van der Waals surface area contributed by atoms with Gasteiger partial charge in [-0.3, -0.25) is 14.9 Å². The van der Waals surface area contributed by atoms with Crippen LogP contribution in [0.15, 0.2) is 18.2 Å². The summed E-state index contributed by atoms with van der Waals surface area (Å²) in [5.74, 6) is 0.685. The van der Waals surface area contributed by atoms with Crippen LogP contribution < -0.4 is 15.4 Å². The first-order valence-corrected chi connectivity index (χ1v) is 7.88. The fraction of sp³-hybridized carbons (Fsp3) is 0.562. The summed E-state index contributed by atoms with van der Waals surface area (Å²) in [5, 5.41) is 17.7. The van der Waals surface area contributed by atoms with E-state index in [9.17, 15) is 14.9 Å². The van der Waals surface area contributed by atoms with E-state index in [2.05, 4.69) is 10.6 Å². The van der Waals surface area contributed by atoms with E-state index in [4.69, 9.17) is 4.74 Å². The van der Waals surface area contributed by atoms with Gasteiger partial charge in [0.25, 0.3) is 0 Å². The van der Waals surface area contributed by atoms with Gasteiger partial charge in [-0.05, 0) is 37.9 Å². The van der Waals surface area contributed by atoms with Crippen molar-refractivity contribution in [2.45, 2.75) is 19.3 Å². The monoisotopic (exact) mass is 319 g/mol. The molecule has 23 heavy (non-hydrogen) atoms. The van der Waals surface area contributed by atoms with Gasteiger partial charge in [0.05, 0.1) is 17.4 Å². The smallest absolute Gasteiger partial charge is 0.333 e. The average molecular weight is 319 g/mol. The van der Waals surface area contributed by atoms with Crippen LogP contribution in [-0.2, 0) is 4.79 Å². The Balaban J connectivity index is 1.81. The SMILES string of the molecule is COc1cccc(NC[C@]2(C(=O)C3CC3)CCNC2)c1[N+](=O)[O-]. The molecule has 1 saturated carbocycles. The molecule has 2 N–H and O–H groups in total. The number of ether oxygens (including phenoxy) is 1. The highest BCUT2D eigenvalue weighted by Crippen LogP contribution is 2.41. The highest BCUT2D eigenvalue weighted by Gasteiger charge is 2.47. The number of carbonyl (C=O) groups is 1. The Kier molecular flexibility index (Phi) is 4.21. The molecule has 1 heterocycles. The molecule has 0 unspecified atom stereocenters. The Morgan fingerprint density at radius 2 is 2.30 bits per heavy atom. The predicted octanol–water partition coefficient (Wildman–Crippen LogP) is 1.97. The van der Waals surface area contributed by atoms with Crippen LogP contribution in [0.5, 0.6) is 5.75 Å². The number of nitrogens with zero attached hydrogens (tertiary/aromatic N) is 1. The molecular formula is C16H21N3O4. The minimum atomic E-state index is -0.460. The number of nitrogens with one attached hydrogen (secondary N) is 2. The summed E-state index contributed by atoms with van der Waals surface area (Å²) < 4.78 is 5.08. The Labute approximate surface area is 134 Å². The number of hydrogen-bond acceptors (Lipinski definition) is 6. The maximum absolute atomic E-state index is 12.7. The number of ketones is 1. The number of rotatable bonds is 7. The van der Waals surface area contributed by atoms with Crippen molar-refractivity contribution < 1.29 is 14.5 Å². The summed E-state index contributed by atoms with van der Waals surface area (Å²) >= 11 is 0. The molecule has 3 rings (SSSR count). The molecule has 0 amide bonds. The maximum Gasteiger partial charge on any atom is 0.333 e. The van der Waals surface area contributed by atoms with Gasteiger partial charge in [0, 0.05) is 19.0 Å². The van der Waals surface area contributed by atoms with Gasteiger partial charge >= 0.3 is 5.69 Å². The fourth-order valence-corrected chi connectivity index (χ4v) is 3.25. The molecule has 1 saturated heterocycles. The van der Waals surface area contributed by atoms with Crippen LogP contribution in [0, 0.1) is 21.4 Å². The molecule has 1 aliphatic carbocycles. The van der Waals surface area contributed by atoms with E-state index < -0.39 is 10.3 Å². The number of nitro groups is 1. The van der Waals surface area contributed by atoms with E-state index in [1.54, 1.807) is 18.2 Å². The summed E-state index contributed by atoms with van der Waals surface area (Å²) in [6, 6.07) is 4.92. The summed E-state index contributed by atoms with van der Waals surface area (Å²) in [6.07, 6.45) is 2.72. The first-order valence-electron chi connectivity index (χ1n) is 7.88. The predicted molar refractivity (Wildman–Crippen MR) is 85.8 cm³/mol. The Morgan fingerprint density at radius 3 is 2.87 bits per heavy atom. The van der Waals surface area contributed by atoms with Crippen molar-refractivity contribution in [2.75, 3.05) is 32.1 Å². The largest absolute Gasteiger partial charge is 0.490 e. The molecule has 1 aromatic rings. The highest BCUT2D eigenvalue weighted by molar-refractivity contribution is 5.90. The first kappa shape index (κ1) is 15.7. The molecule has 1 aliphatic heterocycles. The second-order valence-electron chi connectivity index (χ2n) is 6.31. The van der Waals surface area contributed by atoms with E-state index in [-0.39, 0.29) is 17.4 Å². The van der Waals surface area contributed by atoms with Crippen LogP contribution in [0.4, 0.5) is 11.4 Å². The van der Waals surface area contributed by atoms with Crippen molar-refractivity contribution >= 4 is 17.2 Å². The van der Waals surface area contributed by atoms with Gasteiger partial charge in [0.2, 0.25) is 0 Å². The summed E-state index contributed by atoms with van der Waals surface area (Å²) in [5.41, 5.74) is -0.155. The van der Waals surface area contributed by atoms with Crippen LogP contribution >= 0.6 is 0 Å². The van der Waals surface area contributed by atoms with Crippen molar-refractivity contribution in [3.63, 3.8) is 0 Å². The van der Waals surface area contributed by atoms with Gasteiger partial charge in [-0.2, -0.15) is 0 Å². The molecule has 7 heteroatoms. The van der Waals surface area contributed by atoms with Crippen LogP contribution in [0.1, 0.15) is 19.3 Å². The quantitative estimate of drug-likeness (QED) is 0.589. The number of nitro benzene ring substituents is 1. The topological polar surface area (TPSA) is 93.5 Å².